The fraction of sp³-hybridized carbons (Fsp3) is 0.455. The van der Waals surface area contributed by atoms with E-state index in [1.54, 1.807) is 7.11 Å². The van der Waals surface area contributed by atoms with Gasteiger partial charge in [0.1, 0.15) is 0 Å². The molecule has 1 amide bonds. The van der Waals surface area contributed by atoms with E-state index in [-0.39, 0.29) is 11.9 Å². The molecule has 0 radical (unpaired) electrons. The molecule has 0 saturated carbocycles. The van der Waals surface area contributed by atoms with E-state index in [1.165, 1.54) is 0 Å². The van der Waals surface area contributed by atoms with Crippen LogP contribution in [-0.2, 0) is 0 Å². The standard InChI is InChI=1S/C22H25ClN2O3/c1-27-20-12-15-10-18-19(24-14-17-6-5-8-25(17)22(18)26)11-16(15)13-21(20)28-9-4-2-3-7-23/h10-14,17H,2-9H2,1H3/t17-/m0/s1. The summed E-state index contributed by atoms with van der Waals surface area (Å²) in [6, 6.07) is 7.93. The number of methoxy groups -OCH3 is 1. The number of nitrogens with zero attached hydrogens (tertiary/aromatic N) is 2. The van der Waals surface area contributed by atoms with E-state index < -0.39 is 0 Å². The van der Waals surface area contributed by atoms with Gasteiger partial charge in [0.25, 0.3) is 5.91 Å². The lowest BCUT2D eigenvalue weighted by Gasteiger charge is -2.20. The van der Waals surface area contributed by atoms with E-state index in [2.05, 4.69) is 4.99 Å². The number of fused-ring (bicyclic) bond motifs is 3. The van der Waals surface area contributed by atoms with Crippen LogP contribution in [0.15, 0.2) is 29.3 Å². The van der Waals surface area contributed by atoms with Crippen LogP contribution in [0.4, 0.5) is 5.69 Å². The van der Waals surface area contributed by atoms with Crippen molar-refractivity contribution in [1.29, 1.82) is 0 Å². The molecule has 1 atom stereocenters. The maximum atomic E-state index is 13.0. The molecule has 148 valence electrons. The molecule has 0 aromatic heterocycles. The molecule has 2 aliphatic heterocycles. The molecule has 4 rings (SSSR count). The predicted molar refractivity (Wildman–Crippen MR) is 113 cm³/mol. The average Bonchev–Trinajstić information content (AvgIpc) is 3.14. The second-order valence-electron chi connectivity index (χ2n) is 7.30. The summed E-state index contributed by atoms with van der Waals surface area (Å²) in [5.41, 5.74) is 1.38. The van der Waals surface area contributed by atoms with Crippen molar-refractivity contribution >= 4 is 40.2 Å². The molecule has 0 N–H and O–H groups in total. The largest absolute Gasteiger partial charge is 0.493 e. The second-order valence-corrected chi connectivity index (χ2v) is 7.68. The van der Waals surface area contributed by atoms with Gasteiger partial charge in [0.05, 0.1) is 31.0 Å². The number of rotatable bonds is 7. The van der Waals surface area contributed by atoms with Crippen LogP contribution < -0.4 is 9.47 Å². The topological polar surface area (TPSA) is 51.1 Å². The number of benzene rings is 2. The smallest absolute Gasteiger partial charge is 0.256 e. The summed E-state index contributed by atoms with van der Waals surface area (Å²) in [6.45, 7) is 1.42. The molecule has 2 aromatic rings. The Morgan fingerprint density at radius 3 is 2.79 bits per heavy atom. The third-order valence-corrected chi connectivity index (χ3v) is 5.72. The SMILES string of the molecule is COc1cc2cc3c(cc2cc1OCCCCCCl)N=C[C@@H]1CCCN1C3=O. The fourth-order valence-electron chi connectivity index (χ4n) is 3.92. The molecule has 6 heteroatoms. The zero-order chi connectivity index (χ0) is 19.5. The van der Waals surface area contributed by atoms with Gasteiger partial charge in [-0.1, -0.05) is 0 Å². The van der Waals surface area contributed by atoms with Gasteiger partial charge in [-0.15, -0.1) is 11.6 Å². The zero-order valence-corrected chi connectivity index (χ0v) is 16.9. The molecule has 5 nitrogen and oxygen atoms in total. The summed E-state index contributed by atoms with van der Waals surface area (Å²) >= 11 is 5.72. The Morgan fingerprint density at radius 2 is 1.96 bits per heavy atom. The van der Waals surface area contributed by atoms with Gasteiger partial charge in [-0.3, -0.25) is 9.79 Å². The highest BCUT2D eigenvalue weighted by Crippen LogP contribution is 2.37. The normalized spacial score (nSPS) is 18.1. The molecule has 2 aliphatic rings. The zero-order valence-electron chi connectivity index (χ0n) is 16.1. The minimum absolute atomic E-state index is 0.0653. The number of aliphatic imine (C=N–C) groups is 1. The van der Waals surface area contributed by atoms with Crippen LogP contribution in [0.3, 0.4) is 0 Å². The van der Waals surface area contributed by atoms with Crippen molar-refractivity contribution in [1.82, 2.24) is 4.90 Å². The van der Waals surface area contributed by atoms with Crippen molar-refractivity contribution in [3.63, 3.8) is 0 Å². The second kappa shape index (κ2) is 8.39. The molecular formula is C22H25ClN2O3. The van der Waals surface area contributed by atoms with Crippen LogP contribution in [0.25, 0.3) is 10.8 Å². The highest BCUT2D eigenvalue weighted by Gasteiger charge is 2.31. The van der Waals surface area contributed by atoms with Gasteiger partial charge < -0.3 is 14.4 Å². The summed E-state index contributed by atoms with van der Waals surface area (Å²) < 4.78 is 11.5. The first-order valence-corrected chi connectivity index (χ1v) is 10.4. The monoisotopic (exact) mass is 400 g/mol. The molecular weight excluding hydrogens is 376 g/mol. The van der Waals surface area contributed by atoms with Crippen LogP contribution in [0.2, 0.25) is 0 Å². The van der Waals surface area contributed by atoms with Gasteiger partial charge in [0, 0.05) is 18.6 Å². The van der Waals surface area contributed by atoms with Gasteiger partial charge >= 0.3 is 0 Å². The fourth-order valence-corrected chi connectivity index (χ4v) is 4.11. The number of unbranched alkanes of at least 4 members (excludes halogenated alkanes) is 2. The van der Waals surface area contributed by atoms with Crippen LogP contribution in [0.5, 0.6) is 11.5 Å². The van der Waals surface area contributed by atoms with Crippen molar-refractivity contribution in [3.8, 4) is 11.5 Å². The van der Waals surface area contributed by atoms with Gasteiger partial charge in [-0.2, -0.15) is 0 Å². The lowest BCUT2D eigenvalue weighted by atomic mass is 10.0. The Bertz CT molecular complexity index is 912. The van der Waals surface area contributed by atoms with Crippen LogP contribution in [0.1, 0.15) is 42.5 Å². The average molecular weight is 401 g/mol. The lowest BCUT2D eigenvalue weighted by molar-refractivity contribution is 0.0775. The number of carbonyl (C=O) groups is 1. The first-order valence-electron chi connectivity index (χ1n) is 9.91. The molecule has 1 saturated heterocycles. The van der Waals surface area contributed by atoms with Crippen LogP contribution >= 0.6 is 11.6 Å². The number of amides is 1. The first-order chi connectivity index (χ1) is 13.7. The molecule has 2 heterocycles. The Hall–Kier alpha value is -2.27. The van der Waals surface area contributed by atoms with Gasteiger partial charge in [0.15, 0.2) is 11.5 Å². The van der Waals surface area contributed by atoms with Crippen molar-refractivity contribution in [2.24, 2.45) is 4.99 Å². The van der Waals surface area contributed by atoms with E-state index in [1.807, 2.05) is 35.4 Å². The summed E-state index contributed by atoms with van der Waals surface area (Å²) in [5, 5.41) is 1.94. The van der Waals surface area contributed by atoms with E-state index in [4.69, 9.17) is 21.1 Å². The van der Waals surface area contributed by atoms with E-state index >= 15 is 0 Å². The molecule has 1 fully saturated rings. The number of halogens is 1. The van der Waals surface area contributed by atoms with Crippen molar-refractivity contribution in [3.05, 3.63) is 29.8 Å². The lowest BCUT2D eigenvalue weighted by Crippen LogP contribution is -2.35. The van der Waals surface area contributed by atoms with Crippen molar-refractivity contribution in [2.45, 2.75) is 38.1 Å². The number of hydrogen-bond acceptors (Lipinski definition) is 4. The molecule has 0 spiro atoms. The maximum Gasteiger partial charge on any atom is 0.256 e. The number of hydrogen-bond donors (Lipinski definition) is 0. The minimum Gasteiger partial charge on any atom is -0.493 e. The van der Waals surface area contributed by atoms with E-state index in [0.717, 1.165) is 55.1 Å². The summed E-state index contributed by atoms with van der Waals surface area (Å²) in [7, 11) is 1.63. The van der Waals surface area contributed by atoms with Gasteiger partial charge in [-0.05, 0) is 67.1 Å². The van der Waals surface area contributed by atoms with Crippen LogP contribution in [0, 0.1) is 0 Å². The maximum absolute atomic E-state index is 13.0. The van der Waals surface area contributed by atoms with Gasteiger partial charge in [-0.25, -0.2) is 0 Å². The molecule has 0 bridgehead atoms. The Kier molecular flexibility index (Phi) is 5.72. The van der Waals surface area contributed by atoms with E-state index in [9.17, 15) is 4.79 Å². The molecule has 28 heavy (non-hydrogen) atoms. The first kappa shape index (κ1) is 19.1. The van der Waals surface area contributed by atoms with Crippen molar-refractivity contribution in [2.75, 3.05) is 26.1 Å². The molecule has 2 aromatic carbocycles. The van der Waals surface area contributed by atoms with Gasteiger partial charge in [0.2, 0.25) is 0 Å². The van der Waals surface area contributed by atoms with E-state index in [0.29, 0.717) is 29.5 Å². The Balaban J connectivity index is 1.65. The highest BCUT2D eigenvalue weighted by atomic mass is 35.5. The highest BCUT2D eigenvalue weighted by molar-refractivity contribution is 6.17. The number of ether oxygens (including phenoxy) is 2. The predicted octanol–water partition coefficient (Wildman–Crippen LogP) is 4.96. The summed E-state index contributed by atoms with van der Waals surface area (Å²) in [5.74, 6) is 2.14. The molecule has 0 unspecified atom stereocenters. The van der Waals surface area contributed by atoms with Crippen LogP contribution in [-0.4, -0.2) is 49.2 Å². The minimum atomic E-state index is 0.0653. The Labute approximate surface area is 170 Å². The summed E-state index contributed by atoms with van der Waals surface area (Å²) in [4.78, 5) is 19.5. The van der Waals surface area contributed by atoms with Crippen molar-refractivity contribution < 1.29 is 14.3 Å². The molecule has 0 aliphatic carbocycles. The Morgan fingerprint density at radius 1 is 1.14 bits per heavy atom. The number of alkyl halides is 1. The third-order valence-electron chi connectivity index (χ3n) is 5.45. The third kappa shape index (κ3) is 3.68. The summed E-state index contributed by atoms with van der Waals surface area (Å²) in [6.07, 6.45) is 6.93. The number of carbonyl (C=O) groups excluding carboxylic acids is 1. The quantitative estimate of drug-likeness (QED) is 0.487.